The fourth-order valence-corrected chi connectivity index (χ4v) is 5.26. The maximum Gasteiger partial charge on any atom is 0.263 e. The number of rotatable bonds is 5. The van der Waals surface area contributed by atoms with Gasteiger partial charge in [-0.1, -0.05) is 0 Å². The first-order chi connectivity index (χ1) is 11.6. The van der Waals surface area contributed by atoms with Crippen molar-refractivity contribution in [1.82, 2.24) is 9.80 Å². The van der Waals surface area contributed by atoms with Crippen LogP contribution in [-0.4, -0.2) is 62.1 Å². The van der Waals surface area contributed by atoms with Gasteiger partial charge in [0, 0.05) is 49.0 Å². The summed E-state index contributed by atoms with van der Waals surface area (Å²) < 4.78 is 6.03. The Labute approximate surface area is 148 Å². The lowest BCUT2D eigenvalue weighted by Crippen LogP contribution is -2.38. The number of nitrogens with zero attached hydrogens (tertiary/aromatic N) is 2. The molecule has 4 nitrogen and oxygen atoms in total. The summed E-state index contributed by atoms with van der Waals surface area (Å²) in [5, 5.41) is 0. The summed E-state index contributed by atoms with van der Waals surface area (Å²) in [4.78, 5) is 19.4. The van der Waals surface area contributed by atoms with E-state index in [1.54, 1.807) is 11.3 Å². The normalized spacial score (nSPS) is 30.6. The Balaban J connectivity index is 1.41. The van der Waals surface area contributed by atoms with Crippen LogP contribution in [0.25, 0.3) is 0 Å². The topological polar surface area (TPSA) is 32.8 Å². The van der Waals surface area contributed by atoms with E-state index >= 15 is 0 Å². The zero-order valence-electron chi connectivity index (χ0n) is 14.8. The number of ether oxygens (including phenoxy) is 1. The zero-order chi connectivity index (χ0) is 16.7. The standard InChI is InChI=1S/C19H28N2O2S/c1-14-3-6-17(24-14)18(22)21-8-7-19(13-21)12-20(2)9-16(19)11-23-10-15-4-5-15/h3,6,15-16H,4-5,7-13H2,1-2H3/t16-,19+/m0/s1. The number of likely N-dealkylation sites (tertiary alicyclic amines) is 2. The van der Waals surface area contributed by atoms with E-state index in [9.17, 15) is 4.79 Å². The Morgan fingerprint density at radius 3 is 2.88 bits per heavy atom. The van der Waals surface area contributed by atoms with Crippen LogP contribution in [0.15, 0.2) is 12.1 Å². The minimum absolute atomic E-state index is 0.220. The summed E-state index contributed by atoms with van der Waals surface area (Å²) in [6, 6.07) is 4.02. The lowest BCUT2D eigenvalue weighted by Gasteiger charge is -2.30. The van der Waals surface area contributed by atoms with Gasteiger partial charge in [0.2, 0.25) is 0 Å². The number of aryl methyl sites for hydroxylation is 1. The molecule has 1 aromatic rings. The molecule has 24 heavy (non-hydrogen) atoms. The first kappa shape index (κ1) is 16.6. The van der Waals surface area contributed by atoms with Gasteiger partial charge in [-0.15, -0.1) is 11.3 Å². The molecule has 4 rings (SSSR count). The van der Waals surface area contributed by atoms with E-state index in [0.717, 1.165) is 56.6 Å². The van der Waals surface area contributed by atoms with Crippen molar-refractivity contribution >= 4 is 17.2 Å². The molecule has 3 aliphatic rings. The Hall–Kier alpha value is -0.910. The largest absolute Gasteiger partial charge is 0.381 e. The minimum atomic E-state index is 0.220. The number of carbonyl (C=O) groups excluding carboxylic acids is 1. The van der Waals surface area contributed by atoms with Gasteiger partial charge >= 0.3 is 0 Å². The molecule has 0 N–H and O–H groups in total. The van der Waals surface area contributed by atoms with Crippen molar-refractivity contribution < 1.29 is 9.53 Å². The second-order valence-electron chi connectivity index (χ2n) is 8.12. The lowest BCUT2D eigenvalue weighted by molar-refractivity contribution is 0.0531. The van der Waals surface area contributed by atoms with Crippen LogP contribution in [0.3, 0.4) is 0 Å². The molecule has 132 valence electrons. The molecule has 2 aliphatic heterocycles. The van der Waals surface area contributed by atoms with Crippen LogP contribution in [0.1, 0.15) is 33.8 Å². The Kier molecular flexibility index (Phi) is 4.43. The van der Waals surface area contributed by atoms with Crippen LogP contribution >= 0.6 is 11.3 Å². The first-order valence-electron chi connectivity index (χ1n) is 9.18. The number of carbonyl (C=O) groups is 1. The van der Waals surface area contributed by atoms with Crippen LogP contribution < -0.4 is 0 Å². The monoisotopic (exact) mass is 348 g/mol. The highest BCUT2D eigenvalue weighted by atomic mass is 32.1. The molecular formula is C19H28N2O2S. The van der Waals surface area contributed by atoms with Crippen molar-refractivity contribution in [3.05, 3.63) is 21.9 Å². The highest BCUT2D eigenvalue weighted by Crippen LogP contribution is 2.44. The first-order valence-corrected chi connectivity index (χ1v) is 9.99. The highest BCUT2D eigenvalue weighted by Gasteiger charge is 2.50. The second kappa shape index (κ2) is 6.43. The molecule has 3 fully saturated rings. The molecule has 0 unspecified atom stereocenters. The van der Waals surface area contributed by atoms with Crippen molar-refractivity contribution in [3.63, 3.8) is 0 Å². The fraction of sp³-hybridized carbons (Fsp3) is 0.737. The number of amides is 1. The Morgan fingerprint density at radius 2 is 2.17 bits per heavy atom. The summed E-state index contributed by atoms with van der Waals surface area (Å²) in [5.41, 5.74) is 0.236. The predicted octanol–water partition coefficient (Wildman–Crippen LogP) is 2.88. The smallest absolute Gasteiger partial charge is 0.263 e. The third-order valence-electron chi connectivity index (χ3n) is 5.98. The SMILES string of the molecule is Cc1ccc(C(=O)N2CC[C@@]3(CN(C)C[C@H]3COCC3CC3)C2)s1. The van der Waals surface area contributed by atoms with Gasteiger partial charge in [-0.3, -0.25) is 4.79 Å². The third kappa shape index (κ3) is 3.26. The average Bonchev–Trinajstić information content (AvgIpc) is 2.98. The maximum absolute atomic E-state index is 12.8. The molecule has 0 aromatic carbocycles. The molecule has 1 amide bonds. The summed E-state index contributed by atoms with van der Waals surface area (Å²) >= 11 is 1.61. The van der Waals surface area contributed by atoms with Crippen LogP contribution in [-0.2, 0) is 4.74 Å². The van der Waals surface area contributed by atoms with Crippen molar-refractivity contribution in [2.24, 2.45) is 17.3 Å². The summed E-state index contributed by atoms with van der Waals surface area (Å²) in [6.07, 6.45) is 3.81. The zero-order valence-corrected chi connectivity index (χ0v) is 15.6. The molecular weight excluding hydrogens is 320 g/mol. The summed E-state index contributed by atoms with van der Waals surface area (Å²) in [5.74, 6) is 1.60. The molecule has 1 saturated carbocycles. The molecule has 1 aliphatic carbocycles. The van der Waals surface area contributed by atoms with Crippen molar-refractivity contribution in [2.75, 3.05) is 46.4 Å². The van der Waals surface area contributed by atoms with E-state index in [0.29, 0.717) is 5.92 Å². The molecule has 2 atom stereocenters. The lowest BCUT2D eigenvalue weighted by atomic mass is 9.77. The number of hydrogen-bond acceptors (Lipinski definition) is 4. The quantitative estimate of drug-likeness (QED) is 0.820. The summed E-state index contributed by atoms with van der Waals surface area (Å²) in [6.45, 7) is 7.84. The molecule has 1 aromatic heterocycles. The number of thiophene rings is 1. The molecule has 2 saturated heterocycles. The molecule has 1 spiro atoms. The van der Waals surface area contributed by atoms with Crippen LogP contribution in [0.5, 0.6) is 0 Å². The van der Waals surface area contributed by atoms with E-state index in [4.69, 9.17) is 4.74 Å². The van der Waals surface area contributed by atoms with E-state index < -0.39 is 0 Å². The van der Waals surface area contributed by atoms with E-state index in [2.05, 4.69) is 23.8 Å². The van der Waals surface area contributed by atoms with Gasteiger partial charge in [-0.25, -0.2) is 0 Å². The highest BCUT2D eigenvalue weighted by molar-refractivity contribution is 7.13. The van der Waals surface area contributed by atoms with Crippen molar-refractivity contribution in [1.29, 1.82) is 0 Å². The van der Waals surface area contributed by atoms with Crippen LogP contribution in [0.4, 0.5) is 0 Å². The minimum Gasteiger partial charge on any atom is -0.381 e. The van der Waals surface area contributed by atoms with Gasteiger partial charge in [0.1, 0.15) is 0 Å². The fourth-order valence-electron chi connectivity index (χ4n) is 4.43. The van der Waals surface area contributed by atoms with E-state index in [1.165, 1.54) is 17.7 Å². The average molecular weight is 349 g/mol. The van der Waals surface area contributed by atoms with Crippen molar-refractivity contribution in [2.45, 2.75) is 26.2 Å². The summed E-state index contributed by atoms with van der Waals surface area (Å²) in [7, 11) is 2.20. The van der Waals surface area contributed by atoms with E-state index in [-0.39, 0.29) is 11.3 Å². The van der Waals surface area contributed by atoms with Gasteiger partial charge < -0.3 is 14.5 Å². The Bertz CT molecular complexity index is 612. The molecule has 0 radical (unpaired) electrons. The maximum atomic E-state index is 12.8. The van der Waals surface area contributed by atoms with E-state index in [1.807, 2.05) is 12.1 Å². The molecule has 5 heteroatoms. The van der Waals surface area contributed by atoms with Crippen molar-refractivity contribution in [3.8, 4) is 0 Å². The Morgan fingerprint density at radius 1 is 1.33 bits per heavy atom. The third-order valence-corrected chi connectivity index (χ3v) is 6.96. The van der Waals surface area contributed by atoms with Gasteiger partial charge in [0.25, 0.3) is 5.91 Å². The predicted molar refractivity (Wildman–Crippen MR) is 96.5 cm³/mol. The van der Waals surface area contributed by atoms with Gasteiger partial charge in [-0.05, 0) is 51.3 Å². The van der Waals surface area contributed by atoms with Crippen LogP contribution in [0.2, 0.25) is 0 Å². The van der Waals surface area contributed by atoms with Gasteiger partial charge in [0.15, 0.2) is 0 Å². The molecule has 0 bridgehead atoms. The van der Waals surface area contributed by atoms with Gasteiger partial charge in [0.05, 0.1) is 11.5 Å². The second-order valence-corrected chi connectivity index (χ2v) is 9.41. The van der Waals surface area contributed by atoms with Crippen LogP contribution in [0, 0.1) is 24.2 Å². The molecule has 3 heterocycles. The number of hydrogen-bond donors (Lipinski definition) is 0. The van der Waals surface area contributed by atoms with Gasteiger partial charge in [-0.2, -0.15) is 0 Å².